The van der Waals surface area contributed by atoms with Crippen LogP contribution in [0.5, 0.6) is 0 Å². The van der Waals surface area contributed by atoms with Crippen LogP contribution in [-0.2, 0) is 4.79 Å². The maximum Gasteiger partial charge on any atom is 0.221 e. The Morgan fingerprint density at radius 1 is 1.38 bits per heavy atom. The molecule has 0 spiro atoms. The van der Waals surface area contributed by atoms with Crippen LogP contribution in [-0.4, -0.2) is 5.91 Å². The molecule has 0 saturated carbocycles. The van der Waals surface area contributed by atoms with Crippen molar-refractivity contribution in [1.82, 2.24) is 0 Å². The zero-order chi connectivity index (χ0) is 10.0. The van der Waals surface area contributed by atoms with Crippen molar-refractivity contribution in [2.75, 3.05) is 5.32 Å². The Balaban J connectivity index is 3.10. The average Bonchev–Trinajstić information content (AvgIpc) is 2.06. The van der Waals surface area contributed by atoms with Crippen LogP contribution in [0.3, 0.4) is 0 Å². The first kappa shape index (κ1) is 10.1. The summed E-state index contributed by atoms with van der Waals surface area (Å²) >= 11 is 2.82. The van der Waals surface area contributed by atoms with Crippen LogP contribution >= 0.6 is 15.9 Å². The predicted octanol–water partition coefficient (Wildman–Crippen LogP) is 2.69. The van der Waals surface area contributed by atoms with E-state index in [4.69, 9.17) is 0 Å². The lowest BCUT2D eigenvalue weighted by molar-refractivity contribution is -0.114. The molecule has 2 nitrogen and oxygen atoms in total. The Bertz CT molecular complexity index is 354. The van der Waals surface area contributed by atoms with E-state index in [0.717, 1.165) is 0 Å². The number of benzene rings is 1. The van der Waals surface area contributed by atoms with E-state index in [9.17, 15) is 13.6 Å². The first-order chi connectivity index (χ1) is 6.02. The molecule has 1 aromatic carbocycles. The molecule has 0 fully saturated rings. The molecule has 1 amide bonds. The van der Waals surface area contributed by atoms with E-state index >= 15 is 0 Å². The van der Waals surface area contributed by atoms with E-state index in [2.05, 4.69) is 21.2 Å². The van der Waals surface area contributed by atoms with Gasteiger partial charge in [0.15, 0.2) is 11.6 Å². The van der Waals surface area contributed by atoms with E-state index in [1.165, 1.54) is 19.1 Å². The van der Waals surface area contributed by atoms with E-state index in [1.54, 1.807) is 0 Å². The first-order valence-corrected chi connectivity index (χ1v) is 4.22. The van der Waals surface area contributed by atoms with Crippen molar-refractivity contribution < 1.29 is 13.6 Å². The molecule has 1 aromatic rings. The van der Waals surface area contributed by atoms with Crippen LogP contribution in [0.4, 0.5) is 14.5 Å². The fourth-order valence-corrected chi connectivity index (χ4v) is 1.12. The maximum atomic E-state index is 13.0. The summed E-state index contributed by atoms with van der Waals surface area (Å²) < 4.78 is 25.9. The standard InChI is InChI=1S/C8H6BrF2NO/c1-4(13)12-6-3-2-5(9)7(10)8(6)11/h2-3H,1H3,(H,12,13). The van der Waals surface area contributed by atoms with E-state index in [0.29, 0.717) is 0 Å². The number of carbonyl (C=O) groups excluding carboxylic acids is 1. The highest BCUT2D eigenvalue weighted by atomic mass is 79.9. The van der Waals surface area contributed by atoms with E-state index in [1.807, 2.05) is 0 Å². The van der Waals surface area contributed by atoms with Gasteiger partial charge in [-0.2, -0.15) is 0 Å². The third kappa shape index (κ3) is 2.24. The second-order valence-electron chi connectivity index (χ2n) is 2.40. The molecular formula is C8H6BrF2NO. The smallest absolute Gasteiger partial charge is 0.221 e. The van der Waals surface area contributed by atoms with Crippen molar-refractivity contribution in [2.45, 2.75) is 6.92 Å². The van der Waals surface area contributed by atoms with Gasteiger partial charge in [-0.3, -0.25) is 4.79 Å². The predicted molar refractivity (Wildman–Crippen MR) is 48.4 cm³/mol. The number of halogens is 3. The number of carbonyl (C=O) groups is 1. The van der Waals surface area contributed by atoms with Gasteiger partial charge >= 0.3 is 0 Å². The quantitative estimate of drug-likeness (QED) is 0.763. The highest BCUT2D eigenvalue weighted by Gasteiger charge is 2.11. The van der Waals surface area contributed by atoms with Gasteiger partial charge in [0.05, 0.1) is 10.2 Å². The second-order valence-corrected chi connectivity index (χ2v) is 3.26. The van der Waals surface area contributed by atoms with Gasteiger partial charge in [-0.05, 0) is 28.1 Å². The Labute approximate surface area is 82.1 Å². The Hall–Kier alpha value is -0.970. The lowest BCUT2D eigenvalue weighted by Crippen LogP contribution is -2.08. The lowest BCUT2D eigenvalue weighted by Gasteiger charge is -2.04. The SMILES string of the molecule is CC(=O)Nc1ccc(Br)c(F)c1F. The summed E-state index contributed by atoms with van der Waals surface area (Å²) in [6.07, 6.45) is 0. The molecule has 0 aliphatic carbocycles. The number of hydrogen-bond acceptors (Lipinski definition) is 1. The highest BCUT2D eigenvalue weighted by molar-refractivity contribution is 9.10. The molecule has 0 unspecified atom stereocenters. The molecule has 5 heteroatoms. The van der Waals surface area contributed by atoms with Crippen LogP contribution in [0.1, 0.15) is 6.92 Å². The van der Waals surface area contributed by atoms with Gasteiger partial charge in [0, 0.05) is 6.92 Å². The van der Waals surface area contributed by atoms with Crippen molar-refractivity contribution in [2.24, 2.45) is 0 Å². The summed E-state index contributed by atoms with van der Waals surface area (Å²) in [4.78, 5) is 10.5. The third-order valence-electron chi connectivity index (χ3n) is 1.35. The van der Waals surface area contributed by atoms with Crippen molar-refractivity contribution in [3.63, 3.8) is 0 Å². The largest absolute Gasteiger partial charge is 0.324 e. The van der Waals surface area contributed by atoms with Crippen LogP contribution in [0.15, 0.2) is 16.6 Å². The van der Waals surface area contributed by atoms with Crippen LogP contribution < -0.4 is 5.32 Å². The molecular weight excluding hydrogens is 244 g/mol. The molecule has 0 saturated heterocycles. The van der Waals surface area contributed by atoms with Crippen molar-refractivity contribution in [3.05, 3.63) is 28.2 Å². The van der Waals surface area contributed by atoms with Gasteiger partial charge < -0.3 is 5.32 Å². The number of hydrogen-bond donors (Lipinski definition) is 1. The lowest BCUT2D eigenvalue weighted by atomic mass is 10.3. The summed E-state index contributed by atoms with van der Waals surface area (Å²) in [5.74, 6) is -2.52. The third-order valence-corrected chi connectivity index (χ3v) is 1.96. The van der Waals surface area contributed by atoms with Crippen LogP contribution in [0.2, 0.25) is 0 Å². The minimum Gasteiger partial charge on any atom is -0.324 e. The minimum absolute atomic E-state index is 0.0269. The Morgan fingerprint density at radius 2 is 2.00 bits per heavy atom. The molecule has 0 aromatic heterocycles. The van der Waals surface area contributed by atoms with Crippen molar-refractivity contribution >= 4 is 27.5 Å². The van der Waals surface area contributed by atoms with Gasteiger partial charge in [-0.1, -0.05) is 0 Å². The minimum atomic E-state index is -1.07. The summed E-state index contributed by atoms with van der Waals surface area (Å²) in [6, 6.07) is 2.60. The number of nitrogens with one attached hydrogen (secondary N) is 1. The number of anilines is 1. The maximum absolute atomic E-state index is 13.0. The molecule has 0 heterocycles. The van der Waals surface area contributed by atoms with Crippen LogP contribution in [0, 0.1) is 11.6 Å². The monoisotopic (exact) mass is 249 g/mol. The molecule has 0 aliphatic heterocycles. The molecule has 0 radical (unpaired) electrons. The second kappa shape index (κ2) is 3.83. The summed E-state index contributed by atoms with van der Waals surface area (Å²) in [6.45, 7) is 1.22. The van der Waals surface area contributed by atoms with Gasteiger partial charge in [0.2, 0.25) is 5.91 Å². The highest BCUT2D eigenvalue weighted by Crippen LogP contribution is 2.24. The summed E-state index contributed by atoms with van der Waals surface area (Å²) in [7, 11) is 0. The average molecular weight is 250 g/mol. The molecule has 1 rings (SSSR count). The Kier molecular flexibility index (Phi) is 2.98. The van der Waals surface area contributed by atoms with Gasteiger partial charge in [-0.15, -0.1) is 0 Å². The first-order valence-electron chi connectivity index (χ1n) is 3.43. The summed E-state index contributed by atoms with van der Waals surface area (Å²) in [5, 5.41) is 2.17. The molecule has 70 valence electrons. The zero-order valence-electron chi connectivity index (χ0n) is 6.70. The number of amides is 1. The molecule has 0 bridgehead atoms. The number of rotatable bonds is 1. The molecule has 13 heavy (non-hydrogen) atoms. The van der Waals surface area contributed by atoms with E-state index in [-0.39, 0.29) is 10.2 Å². The normalized spacial score (nSPS) is 9.85. The fourth-order valence-electron chi connectivity index (χ4n) is 0.812. The van der Waals surface area contributed by atoms with Crippen LogP contribution in [0.25, 0.3) is 0 Å². The molecule has 0 aliphatic rings. The van der Waals surface area contributed by atoms with Crippen molar-refractivity contribution in [3.8, 4) is 0 Å². The zero-order valence-corrected chi connectivity index (χ0v) is 8.28. The fraction of sp³-hybridized carbons (Fsp3) is 0.125. The van der Waals surface area contributed by atoms with Gasteiger partial charge in [0.1, 0.15) is 0 Å². The van der Waals surface area contributed by atoms with Gasteiger partial charge in [0.25, 0.3) is 0 Å². The van der Waals surface area contributed by atoms with Gasteiger partial charge in [-0.25, -0.2) is 8.78 Å². The Morgan fingerprint density at radius 3 is 2.54 bits per heavy atom. The van der Waals surface area contributed by atoms with E-state index < -0.39 is 17.5 Å². The topological polar surface area (TPSA) is 29.1 Å². The molecule has 1 N–H and O–H groups in total. The summed E-state index contributed by atoms with van der Waals surface area (Å²) in [5.41, 5.74) is -0.159. The van der Waals surface area contributed by atoms with Crippen molar-refractivity contribution in [1.29, 1.82) is 0 Å². The molecule has 0 atom stereocenters.